The minimum Gasteiger partial charge on any atom is -0.453 e. The molecule has 0 atom stereocenters. The Hall–Kier alpha value is -3.07. The quantitative estimate of drug-likeness (QED) is 0.380. The molecule has 0 aromatic heterocycles. The topological polar surface area (TPSA) is 120 Å². The molecule has 0 aliphatic rings. The van der Waals surface area contributed by atoms with Gasteiger partial charge in [0.1, 0.15) is 5.69 Å². The summed E-state index contributed by atoms with van der Waals surface area (Å²) < 4.78 is 4.39. The van der Waals surface area contributed by atoms with Crippen LogP contribution >= 0.6 is 11.8 Å². The van der Waals surface area contributed by atoms with Crippen molar-refractivity contribution in [1.29, 1.82) is 0 Å². The molecule has 0 spiro atoms. The molecule has 0 saturated carbocycles. The normalized spacial score (nSPS) is 11.0. The molecule has 0 aliphatic carbocycles. The number of alkyl carbamates (subject to hydrolysis) is 1. The summed E-state index contributed by atoms with van der Waals surface area (Å²) >= 11 is 1.42. The van der Waals surface area contributed by atoms with Crippen LogP contribution in [0.15, 0.2) is 63.3 Å². The van der Waals surface area contributed by atoms with E-state index < -0.39 is 11.0 Å². The molecule has 2 aromatic rings. The van der Waals surface area contributed by atoms with Gasteiger partial charge in [-0.1, -0.05) is 30.0 Å². The van der Waals surface area contributed by atoms with Gasteiger partial charge < -0.3 is 10.5 Å². The highest BCUT2D eigenvalue weighted by Gasteiger charge is 2.15. The van der Waals surface area contributed by atoms with Gasteiger partial charge in [-0.25, -0.2) is 9.79 Å². The number of hydrogen-bond donors (Lipinski definition) is 2. The molecule has 0 unspecified atom stereocenters. The minimum atomic E-state index is -0.811. The molecule has 0 saturated heterocycles. The Morgan fingerprint density at radius 2 is 1.96 bits per heavy atom. The van der Waals surface area contributed by atoms with Gasteiger partial charge in [0, 0.05) is 15.9 Å². The van der Waals surface area contributed by atoms with Crippen LogP contribution in [0, 0.1) is 10.1 Å². The van der Waals surface area contributed by atoms with Crippen molar-refractivity contribution in [2.75, 3.05) is 7.11 Å². The molecular formula is C15H14N4O4S. The lowest BCUT2D eigenvalue weighted by Gasteiger charge is -2.05. The van der Waals surface area contributed by atoms with E-state index in [9.17, 15) is 14.9 Å². The van der Waals surface area contributed by atoms with Gasteiger partial charge in [-0.15, -0.1) is 0 Å². The Morgan fingerprint density at radius 3 is 2.58 bits per heavy atom. The van der Waals surface area contributed by atoms with Crippen molar-refractivity contribution < 1.29 is 14.5 Å². The summed E-state index contributed by atoms with van der Waals surface area (Å²) in [4.78, 5) is 27.3. The number of carbonyl (C=O) groups is 1. The highest BCUT2D eigenvalue weighted by Crippen LogP contribution is 2.35. The molecule has 2 aromatic carbocycles. The predicted molar refractivity (Wildman–Crippen MR) is 90.5 cm³/mol. The first-order valence-electron chi connectivity index (χ1n) is 6.70. The summed E-state index contributed by atoms with van der Waals surface area (Å²) in [5.74, 6) is -0.299. The molecule has 1 amide bonds. The van der Waals surface area contributed by atoms with Gasteiger partial charge in [-0.3, -0.25) is 15.4 Å². The van der Waals surface area contributed by atoms with E-state index in [2.05, 4.69) is 15.0 Å². The Balaban J connectivity index is 2.33. The van der Waals surface area contributed by atoms with Crippen molar-refractivity contribution >= 4 is 35.2 Å². The lowest BCUT2D eigenvalue weighted by atomic mass is 10.3. The fourth-order valence-corrected chi connectivity index (χ4v) is 2.62. The van der Waals surface area contributed by atoms with Crippen LogP contribution in [-0.4, -0.2) is 24.1 Å². The Kier molecular flexibility index (Phi) is 5.74. The van der Waals surface area contributed by atoms with Gasteiger partial charge in [0.25, 0.3) is 5.69 Å². The van der Waals surface area contributed by atoms with Crippen molar-refractivity contribution in [2.45, 2.75) is 9.79 Å². The summed E-state index contributed by atoms with van der Waals surface area (Å²) in [5.41, 5.74) is 5.38. The largest absolute Gasteiger partial charge is 0.453 e. The highest BCUT2D eigenvalue weighted by atomic mass is 32.2. The zero-order chi connectivity index (χ0) is 17.5. The maximum absolute atomic E-state index is 11.1. The molecule has 24 heavy (non-hydrogen) atoms. The number of amides is 1. The van der Waals surface area contributed by atoms with Crippen molar-refractivity contribution in [3.63, 3.8) is 0 Å². The molecule has 0 bridgehead atoms. The first-order valence-corrected chi connectivity index (χ1v) is 7.51. The number of nitro benzene ring substituents is 1. The van der Waals surface area contributed by atoms with Gasteiger partial charge in [0.15, 0.2) is 0 Å². The Labute approximate surface area is 141 Å². The summed E-state index contributed by atoms with van der Waals surface area (Å²) in [6.07, 6.45) is -0.811. The fraction of sp³-hybridized carbons (Fsp3) is 0.0667. The van der Waals surface area contributed by atoms with Crippen molar-refractivity contribution in [3.05, 3.63) is 58.6 Å². The van der Waals surface area contributed by atoms with E-state index in [1.54, 1.807) is 6.07 Å². The SMILES string of the molecule is COC(=O)NC(N)=Nc1cc(Sc2ccccc2)ccc1[N+](=O)[O-]. The molecule has 2 rings (SSSR count). The number of guanidine groups is 1. The van der Waals surface area contributed by atoms with Crippen LogP contribution < -0.4 is 11.1 Å². The number of methoxy groups -OCH3 is 1. The molecule has 0 radical (unpaired) electrons. The smallest absolute Gasteiger partial charge is 0.413 e. The standard InChI is InChI=1S/C15H14N4O4S/c1-23-15(20)18-14(16)17-12-9-11(7-8-13(12)19(21)22)24-10-5-3-2-4-6-10/h2-9H,1H3,(H3,16,17,18,20). The predicted octanol–water partition coefficient (Wildman–Crippen LogP) is 3.05. The number of hydrogen-bond acceptors (Lipinski definition) is 6. The second-order valence-corrected chi connectivity index (χ2v) is 5.58. The molecule has 0 heterocycles. The Bertz CT molecular complexity index is 780. The number of carbonyl (C=O) groups excluding carboxylic acids is 1. The molecular weight excluding hydrogens is 332 g/mol. The summed E-state index contributed by atoms with van der Waals surface area (Å²) in [6.45, 7) is 0. The van der Waals surface area contributed by atoms with Crippen LogP contribution in [0.3, 0.4) is 0 Å². The second kappa shape index (κ2) is 7.97. The van der Waals surface area contributed by atoms with Crippen LogP contribution in [0.2, 0.25) is 0 Å². The van der Waals surface area contributed by atoms with E-state index in [-0.39, 0.29) is 17.3 Å². The van der Waals surface area contributed by atoms with Crippen molar-refractivity contribution in [2.24, 2.45) is 10.7 Å². The van der Waals surface area contributed by atoms with Crippen LogP contribution in [0.25, 0.3) is 0 Å². The third-order valence-electron chi connectivity index (χ3n) is 2.78. The average molecular weight is 346 g/mol. The average Bonchev–Trinajstić information content (AvgIpc) is 2.55. The highest BCUT2D eigenvalue weighted by molar-refractivity contribution is 7.99. The van der Waals surface area contributed by atoms with Crippen LogP contribution in [-0.2, 0) is 4.74 Å². The first-order chi connectivity index (χ1) is 11.5. The van der Waals surface area contributed by atoms with Crippen LogP contribution in [0.4, 0.5) is 16.2 Å². The molecule has 124 valence electrons. The Morgan fingerprint density at radius 1 is 1.25 bits per heavy atom. The van der Waals surface area contributed by atoms with Gasteiger partial charge in [0.05, 0.1) is 12.0 Å². The zero-order valence-electron chi connectivity index (χ0n) is 12.6. The van der Waals surface area contributed by atoms with Gasteiger partial charge >= 0.3 is 6.09 Å². The van der Waals surface area contributed by atoms with E-state index in [0.29, 0.717) is 0 Å². The molecule has 3 N–H and O–H groups in total. The number of rotatable bonds is 4. The zero-order valence-corrected chi connectivity index (χ0v) is 13.4. The van der Waals surface area contributed by atoms with Crippen molar-refractivity contribution in [3.8, 4) is 0 Å². The van der Waals surface area contributed by atoms with Crippen molar-refractivity contribution in [1.82, 2.24) is 5.32 Å². The number of benzene rings is 2. The van der Waals surface area contributed by atoms with E-state index >= 15 is 0 Å². The van der Waals surface area contributed by atoms with Crippen LogP contribution in [0.5, 0.6) is 0 Å². The van der Waals surface area contributed by atoms with Crippen LogP contribution in [0.1, 0.15) is 0 Å². The van der Waals surface area contributed by atoms with E-state index in [0.717, 1.165) is 9.79 Å². The molecule has 0 aliphatic heterocycles. The number of nitrogens with two attached hydrogens (primary N) is 1. The second-order valence-electron chi connectivity index (χ2n) is 4.44. The monoisotopic (exact) mass is 346 g/mol. The van der Waals surface area contributed by atoms with E-state index in [1.807, 2.05) is 30.3 Å². The maximum Gasteiger partial charge on any atom is 0.413 e. The number of aliphatic imine (C=N–C) groups is 1. The molecule has 0 fully saturated rings. The summed E-state index contributed by atoms with van der Waals surface area (Å²) in [5, 5.41) is 13.3. The number of nitro groups is 1. The fourth-order valence-electron chi connectivity index (χ4n) is 1.75. The molecule has 8 nitrogen and oxygen atoms in total. The summed E-state index contributed by atoms with van der Waals surface area (Å²) in [6, 6.07) is 14.0. The van der Waals surface area contributed by atoms with E-state index in [1.165, 1.54) is 31.0 Å². The van der Waals surface area contributed by atoms with Gasteiger partial charge in [-0.2, -0.15) is 0 Å². The number of nitrogens with zero attached hydrogens (tertiary/aromatic N) is 2. The third kappa shape index (κ3) is 4.71. The lowest BCUT2D eigenvalue weighted by molar-refractivity contribution is -0.384. The van der Waals surface area contributed by atoms with Gasteiger partial charge in [-0.05, 0) is 24.3 Å². The minimum absolute atomic E-state index is 0.0369. The number of ether oxygens (including phenoxy) is 1. The third-order valence-corrected chi connectivity index (χ3v) is 3.78. The number of nitrogens with one attached hydrogen (secondary N) is 1. The summed E-state index contributed by atoms with van der Waals surface area (Å²) in [7, 11) is 1.17. The van der Waals surface area contributed by atoms with E-state index in [4.69, 9.17) is 5.73 Å². The molecule has 9 heteroatoms. The van der Waals surface area contributed by atoms with Gasteiger partial charge in [0.2, 0.25) is 5.96 Å². The first kappa shape index (κ1) is 17.3. The maximum atomic E-state index is 11.1. The lowest BCUT2D eigenvalue weighted by Crippen LogP contribution is -2.36.